The van der Waals surface area contributed by atoms with Crippen LogP contribution >= 0.6 is 11.8 Å². The third-order valence-corrected chi connectivity index (χ3v) is 6.62. The van der Waals surface area contributed by atoms with E-state index in [1.54, 1.807) is 22.8 Å². The van der Waals surface area contributed by atoms with Gasteiger partial charge in [-0.15, -0.1) is 10.2 Å². The van der Waals surface area contributed by atoms with Crippen LogP contribution in [0.5, 0.6) is 0 Å². The maximum Gasteiger partial charge on any atom is 0.252 e. The molecule has 0 spiro atoms. The Hall–Kier alpha value is -4.57. The summed E-state index contributed by atoms with van der Waals surface area (Å²) in [7, 11) is 0. The molecule has 2 N–H and O–H groups in total. The monoisotopic (exact) mass is 529 g/mol. The Bertz CT molecular complexity index is 1600. The summed E-state index contributed by atoms with van der Waals surface area (Å²) in [4.78, 5) is 25.5. The van der Waals surface area contributed by atoms with Crippen molar-refractivity contribution in [3.05, 3.63) is 114 Å². The van der Waals surface area contributed by atoms with Crippen molar-refractivity contribution < 1.29 is 18.4 Å². The van der Waals surface area contributed by atoms with E-state index >= 15 is 0 Å². The number of thioether (sulfide) groups is 1. The van der Waals surface area contributed by atoms with Gasteiger partial charge in [0.1, 0.15) is 11.6 Å². The second-order valence-corrected chi connectivity index (χ2v) is 9.21. The Morgan fingerprint density at radius 1 is 0.816 bits per heavy atom. The highest BCUT2D eigenvalue weighted by Gasteiger charge is 2.18. The molecule has 0 saturated heterocycles. The first-order valence-corrected chi connectivity index (χ1v) is 12.6. The van der Waals surface area contributed by atoms with Gasteiger partial charge in [0.05, 0.1) is 12.3 Å². The SMILES string of the molecule is O=C(CSc1nnc(CNC(=O)c2cccc3ccccc23)n1-c1ccc(F)cc1)Nc1ccc(F)cc1. The zero-order valence-corrected chi connectivity index (χ0v) is 20.7. The number of aromatic nitrogens is 3. The third kappa shape index (κ3) is 5.70. The molecule has 10 heteroatoms. The fourth-order valence-electron chi connectivity index (χ4n) is 3.90. The molecule has 0 aliphatic heterocycles. The predicted octanol–water partition coefficient (Wildman–Crippen LogP) is 5.36. The van der Waals surface area contributed by atoms with E-state index in [1.165, 1.54) is 36.4 Å². The molecular weight excluding hydrogens is 508 g/mol. The summed E-state index contributed by atoms with van der Waals surface area (Å²) in [5, 5.41) is 16.2. The number of amides is 2. The van der Waals surface area contributed by atoms with E-state index in [2.05, 4.69) is 20.8 Å². The van der Waals surface area contributed by atoms with Crippen LogP contribution in [0.2, 0.25) is 0 Å². The topological polar surface area (TPSA) is 88.9 Å². The summed E-state index contributed by atoms with van der Waals surface area (Å²) in [5.41, 5.74) is 1.57. The molecule has 7 nitrogen and oxygen atoms in total. The number of fused-ring (bicyclic) bond motifs is 1. The van der Waals surface area contributed by atoms with Crippen molar-refractivity contribution in [1.82, 2.24) is 20.1 Å². The van der Waals surface area contributed by atoms with Gasteiger partial charge in [-0.3, -0.25) is 14.2 Å². The summed E-state index contributed by atoms with van der Waals surface area (Å²) >= 11 is 1.13. The normalized spacial score (nSPS) is 10.9. The Kier molecular flexibility index (Phi) is 7.41. The molecule has 1 heterocycles. The van der Waals surface area contributed by atoms with E-state index in [0.29, 0.717) is 27.9 Å². The lowest BCUT2D eigenvalue weighted by Crippen LogP contribution is -2.25. The maximum atomic E-state index is 13.6. The van der Waals surface area contributed by atoms with Gasteiger partial charge in [-0.1, -0.05) is 48.2 Å². The summed E-state index contributed by atoms with van der Waals surface area (Å²) in [6.45, 7) is 0.0504. The molecule has 0 radical (unpaired) electrons. The first kappa shape index (κ1) is 25.1. The number of nitrogens with zero attached hydrogens (tertiary/aromatic N) is 3. The van der Waals surface area contributed by atoms with Crippen LogP contribution in [0.15, 0.2) is 96.2 Å². The van der Waals surface area contributed by atoms with Crippen molar-refractivity contribution >= 4 is 40.0 Å². The Balaban J connectivity index is 1.34. The van der Waals surface area contributed by atoms with Gasteiger partial charge in [0.2, 0.25) is 5.91 Å². The van der Waals surface area contributed by atoms with Crippen LogP contribution in [-0.4, -0.2) is 32.3 Å². The molecule has 190 valence electrons. The number of benzene rings is 4. The molecule has 0 unspecified atom stereocenters. The Morgan fingerprint density at radius 2 is 1.50 bits per heavy atom. The van der Waals surface area contributed by atoms with Crippen LogP contribution in [0.1, 0.15) is 16.2 Å². The quantitative estimate of drug-likeness (QED) is 0.264. The number of rotatable bonds is 8. The number of nitrogens with one attached hydrogen (secondary N) is 2. The van der Waals surface area contributed by atoms with Crippen LogP contribution in [-0.2, 0) is 11.3 Å². The van der Waals surface area contributed by atoms with Gasteiger partial charge in [0.25, 0.3) is 5.91 Å². The molecule has 0 aliphatic rings. The zero-order chi connectivity index (χ0) is 26.5. The third-order valence-electron chi connectivity index (χ3n) is 5.69. The number of carbonyl (C=O) groups is 2. The van der Waals surface area contributed by atoms with Crippen LogP contribution in [0.4, 0.5) is 14.5 Å². The van der Waals surface area contributed by atoms with E-state index in [0.717, 1.165) is 22.5 Å². The fraction of sp³-hybridized carbons (Fsp3) is 0.0714. The van der Waals surface area contributed by atoms with E-state index in [9.17, 15) is 18.4 Å². The second-order valence-electron chi connectivity index (χ2n) is 8.26. The van der Waals surface area contributed by atoms with Crippen molar-refractivity contribution in [2.24, 2.45) is 0 Å². The second kappa shape index (κ2) is 11.2. The molecule has 0 aliphatic carbocycles. The Morgan fingerprint density at radius 3 is 2.26 bits per heavy atom. The van der Waals surface area contributed by atoms with E-state index in [-0.39, 0.29) is 24.1 Å². The van der Waals surface area contributed by atoms with Crippen LogP contribution in [0, 0.1) is 11.6 Å². The maximum absolute atomic E-state index is 13.6. The molecule has 4 aromatic carbocycles. The number of hydrogen-bond acceptors (Lipinski definition) is 5. The highest BCUT2D eigenvalue weighted by molar-refractivity contribution is 7.99. The lowest BCUT2D eigenvalue weighted by Gasteiger charge is -2.12. The van der Waals surface area contributed by atoms with E-state index in [4.69, 9.17) is 0 Å². The standard InChI is InChI=1S/C28H21F2N5O2S/c29-19-8-12-21(13-9-19)32-26(36)17-38-28-34-33-25(35(28)22-14-10-20(30)11-15-22)16-31-27(37)24-7-3-5-18-4-1-2-6-23(18)24/h1-15H,16-17H2,(H,31,37)(H,32,36). The molecule has 0 bridgehead atoms. The minimum atomic E-state index is -0.402. The van der Waals surface area contributed by atoms with Crippen molar-refractivity contribution in [2.75, 3.05) is 11.1 Å². The van der Waals surface area contributed by atoms with Gasteiger partial charge in [0.15, 0.2) is 11.0 Å². The highest BCUT2D eigenvalue weighted by atomic mass is 32.2. The number of anilines is 1. The van der Waals surface area contributed by atoms with Crippen molar-refractivity contribution in [3.8, 4) is 5.69 Å². The molecule has 5 aromatic rings. The minimum Gasteiger partial charge on any atom is -0.345 e. The van der Waals surface area contributed by atoms with Gasteiger partial charge in [-0.2, -0.15) is 0 Å². The van der Waals surface area contributed by atoms with Gasteiger partial charge < -0.3 is 10.6 Å². The molecule has 2 amide bonds. The Labute approximate surface area is 220 Å². The smallest absolute Gasteiger partial charge is 0.252 e. The van der Waals surface area contributed by atoms with Crippen molar-refractivity contribution in [1.29, 1.82) is 0 Å². The number of hydrogen-bond donors (Lipinski definition) is 2. The van der Waals surface area contributed by atoms with Crippen molar-refractivity contribution in [3.63, 3.8) is 0 Å². The summed E-state index contributed by atoms with van der Waals surface area (Å²) in [5.74, 6) is -0.986. The molecule has 0 fully saturated rings. The van der Waals surface area contributed by atoms with Crippen LogP contribution in [0.3, 0.4) is 0 Å². The summed E-state index contributed by atoms with van der Waals surface area (Å²) in [6, 6.07) is 24.3. The predicted molar refractivity (Wildman–Crippen MR) is 142 cm³/mol. The van der Waals surface area contributed by atoms with E-state index < -0.39 is 11.6 Å². The molecule has 5 rings (SSSR count). The average Bonchev–Trinajstić information content (AvgIpc) is 3.34. The largest absolute Gasteiger partial charge is 0.345 e. The first-order chi connectivity index (χ1) is 18.5. The summed E-state index contributed by atoms with van der Waals surface area (Å²) in [6.07, 6.45) is 0. The van der Waals surface area contributed by atoms with Gasteiger partial charge in [0, 0.05) is 16.9 Å². The van der Waals surface area contributed by atoms with Gasteiger partial charge in [-0.25, -0.2) is 8.78 Å². The lowest BCUT2D eigenvalue weighted by atomic mass is 10.0. The fourth-order valence-corrected chi connectivity index (χ4v) is 4.67. The molecule has 38 heavy (non-hydrogen) atoms. The lowest BCUT2D eigenvalue weighted by molar-refractivity contribution is -0.113. The molecule has 1 aromatic heterocycles. The number of halogens is 2. The average molecular weight is 530 g/mol. The first-order valence-electron chi connectivity index (χ1n) is 11.6. The molecular formula is C28H21F2N5O2S. The van der Waals surface area contributed by atoms with Crippen LogP contribution < -0.4 is 10.6 Å². The summed E-state index contributed by atoms with van der Waals surface area (Å²) < 4.78 is 28.4. The zero-order valence-electron chi connectivity index (χ0n) is 19.9. The molecule has 0 saturated carbocycles. The van der Waals surface area contributed by atoms with Gasteiger partial charge in [-0.05, 0) is 65.4 Å². The van der Waals surface area contributed by atoms with Crippen LogP contribution in [0.25, 0.3) is 16.5 Å². The highest BCUT2D eigenvalue weighted by Crippen LogP contribution is 2.23. The molecule has 0 atom stereocenters. The number of carbonyl (C=O) groups excluding carboxylic acids is 2. The van der Waals surface area contributed by atoms with Crippen molar-refractivity contribution in [2.45, 2.75) is 11.7 Å². The van der Waals surface area contributed by atoms with Gasteiger partial charge >= 0.3 is 0 Å². The minimum absolute atomic E-state index is 0.000924. The van der Waals surface area contributed by atoms with E-state index in [1.807, 2.05) is 36.4 Å².